The van der Waals surface area contributed by atoms with Crippen molar-refractivity contribution in [2.45, 2.75) is 31.7 Å². The van der Waals surface area contributed by atoms with E-state index in [1.54, 1.807) is 19.5 Å². The van der Waals surface area contributed by atoms with E-state index in [9.17, 15) is 0 Å². The van der Waals surface area contributed by atoms with E-state index in [1.807, 2.05) is 10.9 Å². The van der Waals surface area contributed by atoms with Crippen LogP contribution in [0.1, 0.15) is 31.1 Å². The number of hydrogen-bond acceptors (Lipinski definition) is 4. The molecule has 96 valence electrons. The van der Waals surface area contributed by atoms with Crippen LogP contribution in [-0.2, 0) is 11.3 Å². The fourth-order valence-electron chi connectivity index (χ4n) is 2.06. The molecule has 0 amide bonds. The van der Waals surface area contributed by atoms with E-state index in [0.717, 1.165) is 23.8 Å². The molecule has 1 aliphatic carbocycles. The molecule has 1 aliphatic rings. The van der Waals surface area contributed by atoms with Crippen LogP contribution in [0.2, 0.25) is 0 Å². The van der Waals surface area contributed by atoms with Gasteiger partial charge in [0, 0.05) is 19.2 Å². The number of nitrogens with zero attached hydrogens (tertiary/aromatic N) is 3. The van der Waals surface area contributed by atoms with Crippen molar-refractivity contribution in [2.24, 2.45) is 0 Å². The Labute approximate surface area is 106 Å². The van der Waals surface area contributed by atoms with Gasteiger partial charge in [0.1, 0.15) is 0 Å². The maximum Gasteiger partial charge on any atom is 0.198 e. The Morgan fingerprint density at radius 2 is 2.33 bits per heavy atom. The molecule has 0 aliphatic heterocycles. The first kappa shape index (κ1) is 11.5. The van der Waals surface area contributed by atoms with Crippen LogP contribution in [0.15, 0.2) is 23.0 Å². The van der Waals surface area contributed by atoms with Crippen molar-refractivity contribution >= 4 is 0 Å². The minimum absolute atomic E-state index is 0.530. The summed E-state index contributed by atoms with van der Waals surface area (Å²) in [6.07, 6.45) is 9.26. The lowest BCUT2D eigenvalue weighted by atomic mass is 9.85. The highest BCUT2D eigenvalue weighted by atomic mass is 16.5. The first-order chi connectivity index (χ1) is 8.86. The number of ether oxygens (including phenoxy) is 1. The van der Waals surface area contributed by atoms with Crippen LogP contribution >= 0.6 is 0 Å². The lowest BCUT2D eigenvalue weighted by molar-refractivity contribution is 0.183. The van der Waals surface area contributed by atoms with Gasteiger partial charge < -0.3 is 9.15 Å². The molecule has 0 radical (unpaired) electrons. The summed E-state index contributed by atoms with van der Waals surface area (Å²) >= 11 is 0. The Morgan fingerprint density at radius 3 is 3.06 bits per heavy atom. The average Bonchev–Trinajstić information content (AvgIpc) is 2.92. The molecule has 0 N–H and O–H groups in total. The van der Waals surface area contributed by atoms with Crippen LogP contribution in [0.4, 0.5) is 0 Å². The van der Waals surface area contributed by atoms with E-state index in [2.05, 4.69) is 10.1 Å². The van der Waals surface area contributed by atoms with E-state index >= 15 is 0 Å². The van der Waals surface area contributed by atoms with Gasteiger partial charge in [0.2, 0.25) is 0 Å². The Balaban J connectivity index is 1.73. The SMILES string of the molecule is COCCn1cc(-c2cnc(C3CCC3)o2)cn1. The standard InChI is InChI=1S/C13H17N3O2/c1-17-6-5-16-9-11(7-15-16)12-8-14-13(18-12)10-3-2-4-10/h7-10H,2-6H2,1H3. The molecule has 0 saturated heterocycles. The van der Waals surface area contributed by atoms with Gasteiger partial charge in [-0.1, -0.05) is 6.42 Å². The quantitative estimate of drug-likeness (QED) is 0.814. The third kappa shape index (κ3) is 2.18. The van der Waals surface area contributed by atoms with Gasteiger partial charge in [-0.05, 0) is 12.8 Å². The second-order valence-electron chi connectivity index (χ2n) is 4.68. The highest BCUT2D eigenvalue weighted by Crippen LogP contribution is 2.37. The second-order valence-corrected chi connectivity index (χ2v) is 4.68. The molecule has 0 spiro atoms. The van der Waals surface area contributed by atoms with E-state index in [1.165, 1.54) is 19.3 Å². The van der Waals surface area contributed by atoms with E-state index in [0.29, 0.717) is 12.5 Å². The summed E-state index contributed by atoms with van der Waals surface area (Å²) in [5.41, 5.74) is 0.976. The normalized spacial score (nSPS) is 15.8. The summed E-state index contributed by atoms with van der Waals surface area (Å²) < 4.78 is 12.7. The van der Waals surface area contributed by atoms with Crippen molar-refractivity contribution in [2.75, 3.05) is 13.7 Å². The summed E-state index contributed by atoms with van der Waals surface area (Å²) in [5, 5.41) is 4.27. The van der Waals surface area contributed by atoms with Gasteiger partial charge in [0.25, 0.3) is 0 Å². The monoisotopic (exact) mass is 247 g/mol. The minimum Gasteiger partial charge on any atom is -0.440 e. The molecule has 3 rings (SSSR count). The van der Waals surface area contributed by atoms with Crippen LogP contribution in [0, 0.1) is 0 Å². The predicted molar refractivity (Wildman–Crippen MR) is 66.2 cm³/mol. The summed E-state index contributed by atoms with van der Waals surface area (Å²) in [6, 6.07) is 0. The first-order valence-corrected chi connectivity index (χ1v) is 6.34. The third-order valence-corrected chi connectivity index (χ3v) is 3.42. The maximum absolute atomic E-state index is 5.80. The summed E-state index contributed by atoms with van der Waals surface area (Å²) in [7, 11) is 1.69. The number of aromatic nitrogens is 3. The highest BCUT2D eigenvalue weighted by molar-refractivity contribution is 5.53. The van der Waals surface area contributed by atoms with Crippen LogP contribution < -0.4 is 0 Å². The van der Waals surface area contributed by atoms with E-state index < -0.39 is 0 Å². The molecule has 2 aromatic rings. The second kappa shape index (κ2) is 4.94. The van der Waals surface area contributed by atoms with E-state index in [4.69, 9.17) is 9.15 Å². The average molecular weight is 247 g/mol. The number of rotatable bonds is 5. The van der Waals surface area contributed by atoms with Gasteiger partial charge in [-0.3, -0.25) is 4.68 Å². The number of oxazole rings is 1. The largest absolute Gasteiger partial charge is 0.440 e. The van der Waals surface area contributed by atoms with Crippen molar-refractivity contribution in [3.05, 3.63) is 24.5 Å². The Hall–Kier alpha value is -1.62. The molecule has 1 saturated carbocycles. The summed E-state index contributed by atoms with van der Waals surface area (Å²) in [4.78, 5) is 4.36. The van der Waals surface area contributed by atoms with Crippen molar-refractivity contribution in [3.8, 4) is 11.3 Å². The Kier molecular flexibility index (Phi) is 3.15. The predicted octanol–water partition coefficient (Wildman–Crippen LogP) is 2.45. The highest BCUT2D eigenvalue weighted by Gasteiger charge is 2.24. The molecule has 0 atom stereocenters. The van der Waals surface area contributed by atoms with Crippen LogP contribution in [-0.4, -0.2) is 28.5 Å². The molecule has 5 nitrogen and oxygen atoms in total. The molecular formula is C13H17N3O2. The Morgan fingerprint density at radius 1 is 1.44 bits per heavy atom. The van der Waals surface area contributed by atoms with Crippen molar-refractivity contribution in [1.29, 1.82) is 0 Å². The van der Waals surface area contributed by atoms with Gasteiger partial charge in [0.15, 0.2) is 11.7 Å². The summed E-state index contributed by atoms with van der Waals surface area (Å²) in [5.74, 6) is 2.21. The van der Waals surface area contributed by atoms with Gasteiger partial charge >= 0.3 is 0 Å². The van der Waals surface area contributed by atoms with Gasteiger partial charge in [-0.15, -0.1) is 0 Å². The smallest absolute Gasteiger partial charge is 0.198 e. The first-order valence-electron chi connectivity index (χ1n) is 6.34. The molecular weight excluding hydrogens is 230 g/mol. The Bertz CT molecular complexity index is 514. The lowest BCUT2D eigenvalue weighted by Gasteiger charge is -2.21. The minimum atomic E-state index is 0.530. The molecule has 5 heteroatoms. The van der Waals surface area contributed by atoms with Crippen LogP contribution in [0.25, 0.3) is 11.3 Å². The fourth-order valence-corrected chi connectivity index (χ4v) is 2.06. The molecule has 1 fully saturated rings. The zero-order valence-corrected chi connectivity index (χ0v) is 10.5. The van der Waals surface area contributed by atoms with Gasteiger partial charge in [-0.25, -0.2) is 4.98 Å². The molecule has 18 heavy (non-hydrogen) atoms. The third-order valence-electron chi connectivity index (χ3n) is 3.42. The summed E-state index contributed by atoms with van der Waals surface area (Å²) in [6.45, 7) is 1.41. The van der Waals surface area contributed by atoms with Crippen molar-refractivity contribution in [1.82, 2.24) is 14.8 Å². The maximum atomic E-state index is 5.80. The molecule has 0 aromatic carbocycles. The van der Waals surface area contributed by atoms with Gasteiger partial charge in [-0.2, -0.15) is 5.10 Å². The molecule has 0 bridgehead atoms. The van der Waals surface area contributed by atoms with E-state index in [-0.39, 0.29) is 0 Å². The fraction of sp³-hybridized carbons (Fsp3) is 0.538. The topological polar surface area (TPSA) is 53.1 Å². The van der Waals surface area contributed by atoms with Crippen molar-refractivity contribution in [3.63, 3.8) is 0 Å². The van der Waals surface area contributed by atoms with Crippen LogP contribution in [0.5, 0.6) is 0 Å². The number of hydrogen-bond donors (Lipinski definition) is 0. The zero-order valence-electron chi connectivity index (χ0n) is 10.5. The van der Waals surface area contributed by atoms with Crippen LogP contribution in [0.3, 0.4) is 0 Å². The zero-order chi connectivity index (χ0) is 12.4. The van der Waals surface area contributed by atoms with Crippen molar-refractivity contribution < 1.29 is 9.15 Å². The molecule has 2 heterocycles. The number of methoxy groups -OCH3 is 1. The van der Waals surface area contributed by atoms with Gasteiger partial charge in [0.05, 0.1) is 31.1 Å². The lowest BCUT2D eigenvalue weighted by Crippen LogP contribution is -2.08. The molecule has 2 aromatic heterocycles. The molecule has 0 unspecified atom stereocenters.